The molecule has 2 aromatic heterocycles. The number of likely N-dealkylation sites (N-methyl/N-ethyl adjacent to an activating group) is 1. The number of nitro groups is 1. The van der Waals surface area contributed by atoms with Crippen molar-refractivity contribution in [1.29, 1.82) is 0 Å². The molecule has 0 bridgehead atoms. The number of ether oxygens (including phenoxy) is 2. The van der Waals surface area contributed by atoms with E-state index in [0.717, 1.165) is 69.3 Å². The fourth-order valence-corrected chi connectivity index (χ4v) is 9.66. The summed E-state index contributed by atoms with van der Waals surface area (Å²) in [7, 11) is -2.59. The second-order valence-electron chi connectivity index (χ2n) is 17.4. The fraction of sp³-hybridized carbons (Fsp3) is 0.455. The van der Waals surface area contributed by atoms with Crippen LogP contribution in [0.15, 0.2) is 88.6 Å². The van der Waals surface area contributed by atoms with E-state index in [2.05, 4.69) is 61.6 Å². The Balaban J connectivity index is 0.996. The van der Waals surface area contributed by atoms with E-state index in [0.29, 0.717) is 42.4 Å². The van der Waals surface area contributed by atoms with Crippen molar-refractivity contribution in [1.82, 2.24) is 24.5 Å². The number of fused-ring (bicyclic) bond motifs is 1. The molecular weight excluding hydrogens is 785 g/mol. The molecule has 2 fully saturated rings. The van der Waals surface area contributed by atoms with Gasteiger partial charge in [-0.3, -0.25) is 19.8 Å². The summed E-state index contributed by atoms with van der Waals surface area (Å²) < 4.78 is 41.5. The molecular formula is C44H54N8O7S. The van der Waals surface area contributed by atoms with Crippen LogP contribution in [0.3, 0.4) is 0 Å². The number of carbonyl (C=O) groups is 1. The van der Waals surface area contributed by atoms with Gasteiger partial charge in [-0.2, -0.15) is 0 Å². The number of nitrogens with zero attached hydrogens (tertiary/aromatic N) is 5. The van der Waals surface area contributed by atoms with Gasteiger partial charge in [0.15, 0.2) is 0 Å². The summed E-state index contributed by atoms with van der Waals surface area (Å²) in [5, 5.41) is 15.9. The van der Waals surface area contributed by atoms with Gasteiger partial charge in [0, 0.05) is 81.8 Å². The minimum absolute atomic E-state index is 0.0281. The van der Waals surface area contributed by atoms with Crippen molar-refractivity contribution in [3.8, 4) is 11.5 Å². The number of rotatable bonds is 13. The van der Waals surface area contributed by atoms with E-state index in [1.165, 1.54) is 31.2 Å². The molecule has 0 saturated carbocycles. The number of piperazine rings is 1. The van der Waals surface area contributed by atoms with Crippen LogP contribution in [0.5, 0.6) is 11.5 Å². The molecule has 2 aromatic carbocycles. The number of aromatic amines is 1. The molecule has 0 spiro atoms. The van der Waals surface area contributed by atoms with Gasteiger partial charge in [0.05, 0.1) is 34.3 Å². The van der Waals surface area contributed by atoms with Gasteiger partial charge >= 0.3 is 0 Å². The molecule has 0 radical (unpaired) electrons. The number of carbonyl (C=O) groups excluding carboxylic acids is 1. The zero-order valence-electron chi connectivity index (χ0n) is 34.7. The van der Waals surface area contributed by atoms with Gasteiger partial charge in [-0.1, -0.05) is 32.4 Å². The first-order valence-corrected chi connectivity index (χ1v) is 22.2. The minimum atomic E-state index is -4.56. The average Bonchev–Trinajstić information content (AvgIpc) is 3.68. The Morgan fingerprint density at radius 1 is 1.10 bits per heavy atom. The predicted molar refractivity (Wildman–Crippen MR) is 231 cm³/mol. The van der Waals surface area contributed by atoms with Gasteiger partial charge in [-0.15, -0.1) is 0 Å². The number of sulfonamides is 1. The van der Waals surface area contributed by atoms with Crippen molar-refractivity contribution < 1.29 is 27.6 Å². The van der Waals surface area contributed by atoms with Crippen molar-refractivity contribution in [2.75, 3.05) is 76.2 Å². The van der Waals surface area contributed by atoms with Crippen LogP contribution >= 0.6 is 0 Å². The lowest BCUT2D eigenvalue weighted by Crippen LogP contribution is -2.47. The van der Waals surface area contributed by atoms with E-state index >= 15 is 0 Å². The van der Waals surface area contributed by atoms with Crippen LogP contribution in [0.25, 0.3) is 11.0 Å². The summed E-state index contributed by atoms with van der Waals surface area (Å²) >= 11 is 0. The molecule has 16 heteroatoms. The van der Waals surface area contributed by atoms with Gasteiger partial charge in [0.2, 0.25) is 0 Å². The number of nitrogens with one attached hydrogen (secondary N) is 3. The molecule has 2 aliphatic carbocycles. The second kappa shape index (κ2) is 17.0. The highest BCUT2D eigenvalue weighted by Gasteiger charge is 2.33. The van der Waals surface area contributed by atoms with Crippen molar-refractivity contribution in [3.63, 3.8) is 0 Å². The molecule has 2 atom stereocenters. The molecule has 3 N–H and O–H groups in total. The molecule has 4 aliphatic rings. The molecule has 1 amide bonds. The largest absolute Gasteiger partial charge is 0.455 e. The topological polar surface area (TPSA) is 175 Å². The zero-order chi connectivity index (χ0) is 42.2. The first-order valence-electron chi connectivity index (χ1n) is 20.7. The summed E-state index contributed by atoms with van der Waals surface area (Å²) in [5.74, 6) is 0.213. The lowest BCUT2D eigenvalue weighted by molar-refractivity contribution is -0.384. The smallest absolute Gasteiger partial charge is 0.293 e. The average molecular weight is 839 g/mol. The second-order valence-corrected chi connectivity index (χ2v) is 19.1. The summed E-state index contributed by atoms with van der Waals surface area (Å²) in [6.45, 7) is 13.6. The molecule has 2 saturated heterocycles. The number of pyridine rings is 1. The quantitative estimate of drug-likeness (QED) is 0.0960. The van der Waals surface area contributed by atoms with E-state index in [1.54, 1.807) is 47.2 Å². The summed E-state index contributed by atoms with van der Waals surface area (Å²) in [5.41, 5.74) is 6.19. The van der Waals surface area contributed by atoms with E-state index < -0.39 is 31.4 Å². The summed E-state index contributed by atoms with van der Waals surface area (Å²) in [6.07, 6.45) is 10.2. The zero-order valence-corrected chi connectivity index (χ0v) is 35.5. The number of nitro benzene ring substituents is 1. The number of hydrogen-bond donors (Lipinski definition) is 3. The Bertz CT molecular complexity index is 2450. The number of morpholine rings is 1. The van der Waals surface area contributed by atoms with E-state index in [1.807, 2.05) is 13.1 Å². The molecule has 60 heavy (non-hydrogen) atoms. The van der Waals surface area contributed by atoms with Crippen molar-refractivity contribution >= 4 is 44.0 Å². The number of H-pyrrole nitrogens is 1. The maximum Gasteiger partial charge on any atom is 0.293 e. The van der Waals surface area contributed by atoms with Crippen molar-refractivity contribution in [2.45, 2.75) is 57.5 Å². The Kier molecular flexibility index (Phi) is 11.7. The third kappa shape index (κ3) is 9.36. The number of hydrogen-bond acceptors (Lipinski definition) is 12. The Morgan fingerprint density at radius 3 is 2.65 bits per heavy atom. The highest BCUT2D eigenvalue weighted by atomic mass is 32.2. The number of allylic oxidation sites excluding steroid dienone is 3. The number of anilines is 2. The molecule has 318 valence electrons. The van der Waals surface area contributed by atoms with E-state index in [-0.39, 0.29) is 23.1 Å². The van der Waals surface area contributed by atoms with Gasteiger partial charge < -0.3 is 29.6 Å². The van der Waals surface area contributed by atoms with Crippen molar-refractivity contribution in [3.05, 3.63) is 99.4 Å². The van der Waals surface area contributed by atoms with Crippen LogP contribution in [-0.2, 0) is 14.8 Å². The van der Waals surface area contributed by atoms with Crippen LogP contribution in [0.2, 0.25) is 0 Å². The highest BCUT2D eigenvalue weighted by molar-refractivity contribution is 7.90. The predicted octanol–water partition coefficient (Wildman–Crippen LogP) is 6.72. The molecule has 4 aromatic rings. The maximum atomic E-state index is 13.9. The molecule has 4 heterocycles. The Morgan fingerprint density at radius 2 is 1.90 bits per heavy atom. The lowest BCUT2D eigenvalue weighted by atomic mass is 9.69. The molecule has 2 aliphatic heterocycles. The first kappa shape index (κ1) is 41.4. The first-order chi connectivity index (χ1) is 28.7. The summed E-state index contributed by atoms with van der Waals surface area (Å²) in [4.78, 5) is 39.3. The van der Waals surface area contributed by atoms with Crippen LogP contribution in [0.1, 0.15) is 56.8 Å². The van der Waals surface area contributed by atoms with Crippen molar-refractivity contribution in [2.24, 2.45) is 11.3 Å². The monoisotopic (exact) mass is 838 g/mol. The summed E-state index contributed by atoms with van der Waals surface area (Å²) in [6, 6.07) is 12.2. The Labute approximate surface area is 351 Å². The maximum absolute atomic E-state index is 13.9. The third-order valence-electron chi connectivity index (χ3n) is 12.1. The van der Waals surface area contributed by atoms with Gasteiger partial charge in [-0.05, 0) is 91.6 Å². The van der Waals surface area contributed by atoms with E-state index in [9.17, 15) is 23.3 Å². The van der Waals surface area contributed by atoms with Gasteiger partial charge in [0.1, 0.15) is 22.8 Å². The number of benzene rings is 2. The normalized spacial score (nSPS) is 21.3. The molecule has 1 unspecified atom stereocenters. The van der Waals surface area contributed by atoms with Crippen LogP contribution in [0, 0.1) is 21.4 Å². The van der Waals surface area contributed by atoms with Crippen LogP contribution in [-0.4, -0.2) is 111 Å². The third-order valence-corrected chi connectivity index (χ3v) is 13.5. The van der Waals surface area contributed by atoms with E-state index in [4.69, 9.17) is 9.47 Å². The van der Waals surface area contributed by atoms with Gasteiger partial charge in [0.25, 0.3) is 21.6 Å². The fourth-order valence-electron chi connectivity index (χ4n) is 8.67. The number of amides is 1. The molecule has 15 nitrogen and oxygen atoms in total. The van der Waals surface area contributed by atoms with Crippen LogP contribution in [0.4, 0.5) is 17.1 Å². The standard InChI is InChI=1S/C44H54N8O7S/c1-29-19-32(20-29)38-24-44(2,3)11-9-31(38)27-50-13-15-51(16-14-50)33-5-7-37(41(22-33)59-34-21-30-10-12-45-42(30)47-25-34)43(53)48-60(56,57)36-6-8-39(40(23-36)52(54)55)46-26-35-28-49(4)17-18-58-35/h5-8,10,12,19,21-23,25,29,35,46H,9,11,13-18,20,24,26-28H2,1-4H3,(H,45,47)(H,48,53)/t29?,35-/m1/s1. The lowest BCUT2D eigenvalue weighted by Gasteiger charge is -2.41. The molecule has 8 rings (SSSR count). The van der Waals surface area contributed by atoms with Gasteiger partial charge in [-0.25, -0.2) is 18.1 Å². The highest BCUT2D eigenvalue weighted by Crippen LogP contribution is 2.46. The van der Waals surface area contributed by atoms with Crippen LogP contribution < -0.4 is 19.7 Å². The minimum Gasteiger partial charge on any atom is -0.455 e. The SMILES string of the molecule is CC1C=C(C2=C(CN3CCN(c4ccc(C(=O)NS(=O)(=O)c5ccc(NC[C@@H]6CN(C)CCO6)c([N+](=O)[O-])c5)c(Oc5cnc6[nH]ccc6c5)c4)CC3)CCC(C)(C)C2)C1. The number of aromatic nitrogens is 2. The Hall–Kier alpha value is -5.29.